The van der Waals surface area contributed by atoms with Gasteiger partial charge in [0, 0.05) is 20.0 Å². The number of amides is 1. The van der Waals surface area contributed by atoms with E-state index in [9.17, 15) is 19.8 Å². The number of carbonyl (C=O) groups is 2. The number of aliphatic hydroxyl groups is 1. The molecule has 1 amide bonds. The quantitative estimate of drug-likeness (QED) is 0.164. The number of hydrazine groups is 1. The zero-order valence-corrected chi connectivity index (χ0v) is 15.2. The van der Waals surface area contributed by atoms with E-state index in [2.05, 4.69) is 15.7 Å². The van der Waals surface area contributed by atoms with Crippen LogP contribution in [0.2, 0.25) is 0 Å². The van der Waals surface area contributed by atoms with Gasteiger partial charge in [0.1, 0.15) is 0 Å². The zero-order valence-electron chi connectivity index (χ0n) is 15.2. The number of nitrogens with one attached hydrogen (secondary N) is 2. The third-order valence-corrected chi connectivity index (χ3v) is 5.02. The maximum atomic E-state index is 11.8. The Labute approximate surface area is 148 Å². The Bertz CT molecular complexity index is 501. The fourth-order valence-electron chi connectivity index (χ4n) is 3.77. The second-order valence-corrected chi connectivity index (χ2v) is 6.71. The van der Waals surface area contributed by atoms with Gasteiger partial charge in [0.15, 0.2) is 0 Å². The molecule has 1 aliphatic carbocycles. The smallest absolute Gasteiger partial charge is 0.309 e. The zero-order chi connectivity index (χ0) is 19.2. The summed E-state index contributed by atoms with van der Waals surface area (Å²) in [6.45, 7) is 5.21. The maximum Gasteiger partial charge on any atom is 0.309 e. The van der Waals surface area contributed by atoms with Gasteiger partial charge < -0.3 is 25.7 Å². The fraction of sp³-hybridized carbons (Fsp3) is 0.812. The van der Waals surface area contributed by atoms with Gasteiger partial charge in [-0.05, 0) is 19.8 Å². The van der Waals surface area contributed by atoms with Gasteiger partial charge in [0.2, 0.25) is 5.91 Å². The highest BCUT2D eigenvalue weighted by atomic mass is 16.5. The molecule has 1 rings (SSSR count). The highest BCUT2D eigenvalue weighted by Crippen LogP contribution is 2.41. The van der Waals surface area contributed by atoms with Crippen LogP contribution in [0, 0.1) is 11.8 Å². The Morgan fingerprint density at radius 2 is 2.16 bits per heavy atom. The van der Waals surface area contributed by atoms with E-state index in [1.54, 1.807) is 7.11 Å². The predicted molar refractivity (Wildman–Crippen MR) is 92.8 cm³/mol. The summed E-state index contributed by atoms with van der Waals surface area (Å²) in [5.41, 5.74) is 1.52. The summed E-state index contributed by atoms with van der Waals surface area (Å²) in [7, 11) is 1.54. The molecule has 0 aromatic heterocycles. The molecule has 1 aliphatic rings. The van der Waals surface area contributed by atoms with Crippen LogP contribution in [0.4, 0.5) is 0 Å². The molecular weight excluding hydrogens is 328 g/mol. The first kappa shape index (κ1) is 21.3. The fourth-order valence-corrected chi connectivity index (χ4v) is 3.77. The molecule has 6 unspecified atom stereocenters. The second-order valence-electron chi connectivity index (χ2n) is 6.71. The van der Waals surface area contributed by atoms with Crippen molar-refractivity contribution in [1.82, 2.24) is 10.7 Å². The Morgan fingerprint density at radius 1 is 1.52 bits per heavy atom. The second kappa shape index (κ2) is 9.12. The maximum absolute atomic E-state index is 11.8. The van der Waals surface area contributed by atoms with Crippen LogP contribution in [0.15, 0.2) is 4.99 Å². The highest BCUT2D eigenvalue weighted by Gasteiger charge is 2.54. The van der Waals surface area contributed by atoms with Crippen molar-refractivity contribution in [3.05, 3.63) is 0 Å². The molecule has 1 fully saturated rings. The van der Waals surface area contributed by atoms with Gasteiger partial charge in [-0.2, -0.15) is 0 Å². The van der Waals surface area contributed by atoms with Crippen LogP contribution in [0.5, 0.6) is 0 Å². The molecule has 1 saturated carbocycles. The van der Waals surface area contributed by atoms with Crippen LogP contribution >= 0.6 is 0 Å². The van der Waals surface area contributed by atoms with Crippen LogP contribution in [0.25, 0.3) is 0 Å². The summed E-state index contributed by atoms with van der Waals surface area (Å²) in [5.74, 6) is 2.26. The number of rotatable bonds is 9. The number of carboxylic acid groups (broad SMARTS) is 1. The van der Waals surface area contributed by atoms with Crippen molar-refractivity contribution in [1.29, 1.82) is 0 Å². The van der Waals surface area contributed by atoms with Crippen molar-refractivity contribution >= 4 is 18.2 Å². The molecule has 9 heteroatoms. The van der Waals surface area contributed by atoms with E-state index in [1.165, 1.54) is 13.3 Å². The molecule has 0 aliphatic heterocycles. The number of nitrogens with zero attached hydrogens (tertiary/aromatic N) is 1. The largest absolute Gasteiger partial charge is 0.481 e. The first-order chi connectivity index (χ1) is 11.7. The molecule has 6 atom stereocenters. The molecule has 25 heavy (non-hydrogen) atoms. The van der Waals surface area contributed by atoms with Gasteiger partial charge in [0.05, 0.1) is 36.0 Å². The number of aliphatic hydroxyl groups excluding tert-OH is 1. The van der Waals surface area contributed by atoms with E-state index in [1.807, 2.05) is 13.8 Å². The minimum atomic E-state index is -1.17. The number of hydrogen-bond donors (Lipinski definition) is 5. The minimum Gasteiger partial charge on any atom is -0.481 e. The minimum absolute atomic E-state index is 0.154. The van der Waals surface area contributed by atoms with E-state index in [4.69, 9.17) is 10.6 Å². The third kappa shape index (κ3) is 4.90. The molecule has 0 radical (unpaired) electrons. The first-order valence-electron chi connectivity index (χ1n) is 8.42. The average Bonchev–Trinajstić information content (AvgIpc) is 2.87. The predicted octanol–water partition coefficient (Wildman–Crippen LogP) is -0.362. The van der Waals surface area contributed by atoms with E-state index < -0.39 is 41.6 Å². The van der Waals surface area contributed by atoms with Crippen LogP contribution in [-0.2, 0) is 14.3 Å². The molecular formula is C16H30N4O5. The number of carbonyl (C=O) groups excluding carboxylic acids is 1. The van der Waals surface area contributed by atoms with E-state index in [0.717, 1.165) is 6.42 Å². The lowest BCUT2D eigenvalue weighted by Gasteiger charge is -2.42. The van der Waals surface area contributed by atoms with Crippen LogP contribution in [-0.4, -0.2) is 59.3 Å². The molecule has 9 nitrogen and oxygen atoms in total. The SMILES string of the molecule is CCCC(C)(OC)C(NC(C)=O)C1C(N=CNN)CC(C(=O)O)C1O. The molecule has 0 aromatic carbocycles. The van der Waals surface area contributed by atoms with Crippen molar-refractivity contribution < 1.29 is 24.5 Å². The first-order valence-corrected chi connectivity index (χ1v) is 8.42. The number of hydrogen-bond acceptors (Lipinski definition) is 6. The monoisotopic (exact) mass is 358 g/mol. The summed E-state index contributed by atoms with van der Waals surface area (Å²) in [6.07, 6.45) is 1.68. The topological polar surface area (TPSA) is 146 Å². The van der Waals surface area contributed by atoms with Crippen molar-refractivity contribution in [2.45, 2.75) is 63.8 Å². The molecule has 6 N–H and O–H groups in total. The van der Waals surface area contributed by atoms with Gasteiger partial charge in [-0.3, -0.25) is 14.6 Å². The molecule has 0 heterocycles. The van der Waals surface area contributed by atoms with Gasteiger partial charge in [-0.1, -0.05) is 13.3 Å². The Balaban J connectivity index is 3.32. The van der Waals surface area contributed by atoms with Crippen LogP contribution in [0.1, 0.15) is 40.0 Å². The standard InChI is InChI=1S/C16H30N4O5/c1-5-6-16(3,25-4)14(20-9(2)21)12-11(18-8-19-17)7-10(13(12)22)15(23)24/h8,10-14,22H,5-7,17H2,1-4H3,(H,18,19)(H,20,21)(H,23,24). The summed E-state index contributed by atoms with van der Waals surface area (Å²) >= 11 is 0. The number of aliphatic carboxylic acids is 1. The average molecular weight is 358 g/mol. The van der Waals surface area contributed by atoms with Gasteiger partial charge in [-0.25, -0.2) is 5.84 Å². The molecule has 0 spiro atoms. The number of carboxylic acids is 1. The molecule has 0 bridgehead atoms. The number of methoxy groups -OCH3 is 1. The van der Waals surface area contributed by atoms with Crippen molar-refractivity contribution in [2.24, 2.45) is 22.7 Å². The van der Waals surface area contributed by atoms with Gasteiger partial charge >= 0.3 is 5.97 Å². The van der Waals surface area contributed by atoms with Crippen LogP contribution in [0.3, 0.4) is 0 Å². The third-order valence-electron chi connectivity index (χ3n) is 5.02. The number of aliphatic imine (C=N–C) groups is 1. The van der Waals surface area contributed by atoms with Crippen LogP contribution < -0.4 is 16.6 Å². The number of ether oxygens (including phenoxy) is 1. The Kier molecular flexibility index (Phi) is 7.78. The summed E-state index contributed by atoms with van der Waals surface area (Å²) in [5, 5.41) is 22.9. The highest BCUT2D eigenvalue weighted by molar-refractivity contribution is 5.74. The lowest BCUT2D eigenvalue weighted by molar-refractivity contribution is -0.146. The van der Waals surface area contributed by atoms with Gasteiger partial charge in [-0.15, -0.1) is 0 Å². The van der Waals surface area contributed by atoms with E-state index in [0.29, 0.717) is 6.42 Å². The lowest BCUT2D eigenvalue weighted by atomic mass is 9.78. The molecule has 144 valence electrons. The normalized spacial score (nSPS) is 30.0. The number of nitrogens with two attached hydrogens (primary N) is 1. The summed E-state index contributed by atoms with van der Waals surface area (Å²) < 4.78 is 5.69. The van der Waals surface area contributed by atoms with Crippen molar-refractivity contribution in [2.75, 3.05) is 7.11 Å². The summed E-state index contributed by atoms with van der Waals surface area (Å²) in [4.78, 5) is 27.5. The van der Waals surface area contributed by atoms with Gasteiger partial charge in [0.25, 0.3) is 0 Å². The Morgan fingerprint density at radius 3 is 2.60 bits per heavy atom. The Hall–Kier alpha value is -1.71. The summed E-state index contributed by atoms with van der Waals surface area (Å²) in [6, 6.07) is -1.12. The molecule has 0 aromatic rings. The molecule has 0 saturated heterocycles. The lowest BCUT2D eigenvalue weighted by Crippen LogP contribution is -2.59. The van der Waals surface area contributed by atoms with Crippen molar-refractivity contribution in [3.8, 4) is 0 Å². The van der Waals surface area contributed by atoms with Crippen molar-refractivity contribution in [3.63, 3.8) is 0 Å². The van der Waals surface area contributed by atoms with E-state index in [-0.39, 0.29) is 12.3 Å². The van der Waals surface area contributed by atoms with E-state index >= 15 is 0 Å².